The quantitative estimate of drug-likeness (QED) is 0.692. The zero-order valence-electron chi connectivity index (χ0n) is 10.8. The number of hydrogen-bond acceptors (Lipinski definition) is 4. The smallest absolute Gasteiger partial charge is 0.235 e. The molecule has 5 heteroatoms. The summed E-state index contributed by atoms with van der Waals surface area (Å²) in [7, 11) is 0. The summed E-state index contributed by atoms with van der Waals surface area (Å²) in [4.78, 5) is 12.5. The normalized spacial score (nSPS) is 10.5. The van der Waals surface area contributed by atoms with Crippen LogP contribution in [0.15, 0.2) is 50.2 Å². The Hall–Kier alpha value is -2.64. The van der Waals surface area contributed by atoms with Crippen molar-refractivity contribution in [1.29, 1.82) is 0 Å². The highest BCUT2D eigenvalue weighted by Crippen LogP contribution is 2.31. The molecule has 0 fully saturated rings. The summed E-state index contributed by atoms with van der Waals surface area (Å²) in [6.45, 7) is -0.0511. The number of fused-ring (bicyclic) bond motifs is 1. The van der Waals surface area contributed by atoms with Gasteiger partial charge in [0, 0.05) is 5.02 Å². The number of hydrogen-bond donors (Lipinski definition) is 0. The maximum Gasteiger partial charge on any atom is 0.235 e. The van der Waals surface area contributed by atoms with Crippen LogP contribution in [0, 0.1) is 12.3 Å². The fraction of sp³-hybridized carbons (Fsp3) is 0.0625. The first-order valence-corrected chi connectivity index (χ1v) is 6.45. The first-order chi connectivity index (χ1) is 10.2. The fourth-order valence-corrected chi connectivity index (χ4v) is 2.14. The van der Waals surface area contributed by atoms with Crippen LogP contribution < -0.4 is 10.2 Å². The molecule has 0 saturated heterocycles. The summed E-state index contributed by atoms with van der Waals surface area (Å²) in [6.07, 6.45) is 6.66. The second-order valence-corrected chi connectivity index (χ2v) is 4.64. The standard InChI is InChI=1S/C16H9ClO4/c1-2-7-20-16-14(18)11-9-10(17)5-6-12(11)21-15(16)13-4-3-8-19-13/h1,3-6,8-9H,7H2. The number of terminal acetylenes is 1. The zero-order valence-corrected chi connectivity index (χ0v) is 11.5. The largest absolute Gasteiger partial charge is 0.473 e. The minimum absolute atomic E-state index is 0.0117. The Bertz CT molecular complexity index is 885. The molecule has 0 aliphatic heterocycles. The van der Waals surface area contributed by atoms with E-state index in [1.165, 1.54) is 12.3 Å². The van der Waals surface area contributed by atoms with Gasteiger partial charge in [-0.25, -0.2) is 0 Å². The van der Waals surface area contributed by atoms with Crippen LogP contribution in [0.2, 0.25) is 5.02 Å². The molecule has 0 spiro atoms. The van der Waals surface area contributed by atoms with Crippen molar-refractivity contribution in [2.45, 2.75) is 0 Å². The van der Waals surface area contributed by atoms with Gasteiger partial charge in [0.05, 0.1) is 11.6 Å². The van der Waals surface area contributed by atoms with Crippen LogP contribution >= 0.6 is 11.6 Å². The molecule has 0 aliphatic rings. The van der Waals surface area contributed by atoms with E-state index in [9.17, 15) is 4.79 Å². The Morgan fingerprint density at radius 2 is 2.19 bits per heavy atom. The minimum atomic E-state index is -0.347. The predicted molar refractivity (Wildman–Crippen MR) is 79.5 cm³/mol. The van der Waals surface area contributed by atoms with E-state index in [4.69, 9.17) is 31.6 Å². The molecule has 0 atom stereocenters. The van der Waals surface area contributed by atoms with E-state index < -0.39 is 0 Å². The molecule has 4 nitrogen and oxygen atoms in total. The average molecular weight is 301 g/mol. The third-order valence-corrected chi connectivity index (χ3v) is 3.09. The molecular formula is C16H9ClO4. The van der Waals surface area contributed by atoms with Crippen LogP contribution in [0.25, 0.3) is 22.5 Å². The third kappa shape index (κ3) is 2.39. The molecule has 0 radical (unpaired) electrons. The molecule has 21 heavy (non-hydrogen) atoms. The maximum atomic E-state index is 12.5. The molecule has 0 N–H and O–H groups in total. The minimum Gasteiger partial charge on any atom is -0.473 e. The molecule has 3 aromatic rings. The lowest BCUT2D eigenvalue weighted by atomic mass is 10.2. The molecule has 2 aromatic heterocycles. The molecule has 0 saturated carbocycles. The third-order valence-electron chi connectivity index (χ3n) is 2.86. The van der Waals surface area contributed by atoms with Gasteiger partial charge < -0.3 is 13.6 Å². The second-order valence-electron chi connectivity index (χ2n) is 4.20. The van der Waals surface area contributed by atoms with Gasteiger partial charge in [0.25, 0.3) is 0 Å². The van der Waals surface area contributed by atoms with Crippen LogP contribution in [0.3, 0.4) is 0 Å². The van der Waals surface area contributed by atoms with Crippen LogP contribution in [0.1, 0.15) is 0 Å². The van der Waals surface area contributed by atoms with Crippen molar-refractivity contribution in [3.8, 4) is 29.6 Å². The molecule has 0 amide bonds. The van der Waals surface area contributed by atoms with Crippen LogP contribution in [0.5, 0.6) is 5.75 Å². The Kier molecular flexibility index (Phi) is 3.43. The van der Waals surface area contributed by atoms with Crippen molar-refractivity contribution in [3.63, 3.8) is 0 Å². The first kappa shape index (κ1) is 13.3. The number of halogens is 1. The Morgan fingerprint density at radius 1 is 1.33 bits per heavy atom. The van der Waals surface area contributed by atoms with Crippen LogP contribution in [-0.2, 0) is 0 Å². The van der Waals surface area contributed by atoms with E-state index >= 15 is 0 Å². The number of benzene rings is 1. The van der Waals surface area contributed by atoms with Gasteiger partial charge in [-0.05, 0) is 30.3 Å². The van der Waals surface area contributed by atoms with Gasteiger partial charge in [-0.15, -0.1) is 6.42 Å². The van der Waals surface area contributed by atoms with Gasteiger partial charge in [-0.2, -0.15) is 0 Å². The molecule has 1 aromatic carbocycles. The lowest BCUT2D eigenvalue weighted by Crippen LogP contribution is -2.10. The van der Waals surface area contributed by atoms with E-state index in [0.717, 1.165) is 0 Å². The molecule has 104 valence electrons. The summed E-state index contributed by atoms with van der Waals surface area (Å²) in [5, 5.41) is 0.758. The fourth-order valence-electron chi connectivity index (χ4n) is 1.97. The van der Waals surface area contributed by atoms with Crippen molar-refractivity contribution < 1.29 is 13.6 Å². The molecule has 0 aliphatic carbocycles. The summed E-state index contributed by atoms with van der Waals surface area (Å²) in [6, 6.07) is 8.14. The molecule has 0 bridgehead atoms. The van der Waals surface area contributed by atoms with E-state index in [0.29, 0.717) is 21.8 Å². The molecule has 3 rings (SSSR count). The lowest BCUT2D eigenvalue weighted by Gasteiger charge is -2.08. The summed E-state index contributed by atoms with van der Waals surface area (Å²) >= 11 is 5.91. The van der Waals surface area contributed by atoms with Gasteiger partial charge >= 0.3 is 0 Å². The lowest BCUT2D eigenvalue weighted by molar-refractivity contribution is 0.355. The average Bonchev–Trinajstić information content (AvgIpc) is 3.01. The van der Waals surface area contributed by atoms with Gasteiger partial charge in [-0.3, -0.25) is 4.79 Å². The zero-order chi connectivity index (χ0) is 14.8. The topological polar surface area (TPSA) is 52.6 Å². The van der Waals surface area contributed by atoms with E-state index in [-0.39, 0.29) is 23.5 Å². The number of furan rings is 1. The highest BCUT2D eigenvalue weighted by Gasteiger charge is 2.19. The van der Waals surface area contributed by atoms with Crippen LogP contribution in [0.4, 0.5) is 0 Å². The number of rotatable bonds is 3. The Morgan fingerprint density at radius 3 is 2.90 bits per heavy atom. The van der Waals surface area contributed by atoms with E-state index in [1.54, 1.807) is 24.3 Å². The van der Waals surface area contributed by atoms with Gasteiger partial charge in [-0.1, -0.05) is 17.5 Å². The monoisotopic (exact) mass is 300 g/mol. The van der Waals surface area contributed by atoms with Gasteiger partial charge in [0.15, 0.2) is 5.76 Å². The molecule has 2 heterocycles. The van der Waals surface area contributed by atoms with E-state index in [2.05, 4.69) is 5.92 Å². The maximum absolute atomic E-state index is 12.5. The Balaban J connectivity index is 2.32. The van der Waals surface area contributed by atoms with Crippen molar-refractivity contribution in [2.24, 2.45) is 0 Å². The molecular weight excluding hydrogens is 292 g/mol. The van der Waals surface area contributed by atoms with Crippen molar-refractivity contribution in [1.82, 2.24) is 0 Å². The molecule has 0 unspecified atom stereocenters. The van der Waals surface area contributed by atoms with Crippen molar-refractivity contribution in [2.75, 3.05) is 6.61 Å². The Labute approximate surface area is 124 Å². The number of ether oxygens (including phenoxy) is 1. The first-order valence-electron chi connectivity index (χ1n) is 6.07. The van der Waals surface area contributed by atoms with E-state index in [1.807, 2.05) is 0 Å². The summed E-state index contributed by atoms with van der Waals surface area (Å²) in [5.74, 6) is 2.92. The highest BCUT2D eigenvalue weighted by atomic mass is 35.5. The summed E-state index contributed by atoms with van der Waals surface area (Å²) in [5.41, 5.74) is 0.0456. The summed E-state index contributed by atoms with van der Waals surface area (Å²) < 4.78 is 16.3. The van der Waals surface area contributed by atoms with Gasteiger partial charge in [0.1, 0.15) is 12.2 Å². The second kappa shape index (κ2) is 5.39. The van der Waals surface area contributed by atoms with Crippen LogP contribution in [-0.4, -0.2) is 6.61 Å². The van der Waals surface area contributed by atoms with Crippen molar-refractivity contribution in [3.05, 3.63) is 51.8 Å². The SMILES string of the molecule is C#CCOc1c(-c2ccco2)oc2ccc(Cl)cc2c1=O. The predicted octanol–water partition coefficient (Wildman–Crippen LogP) is 3.72. The van der Waals surface area contributed by atoms with Crippen molar-refractivity contribution >= 4 is 22.6 Å². The van der Waals surface area contributed by atoms with Gasteiger partial charge in [0.2, 0.25) is 16.9 Å². The highest BCUT2D eigenvalue weighted by molar-refractivity contribution is 6.31.